The zero-order valence-electron chi connectivity index (χ0n) is 12.4. The minimum Gasteiger partial charge on any atom is -0.362 e. The number of ether oxygens (including phenoxy) is 1. The third-order valence-corrected chi connectivity index (χ3v) is 5.99. The van der Waals surface area contributed by atoms with Gasteiger partial charge in [-0.25, -0.2) is 0 Å². The van der Waals surface area contributed by atoms with Crippen LogP contribution in [-0.2, 0) is 22.4 Å². The predicted molar refractivity (Wildman–Crippen MR) is 83.7 cm³/mol. The van der Waals surface area contributed by atoms with E-state index < -0.39 is 0 Å². The second-order valence-corrected chi connectivity index (χ2v) is 7.32. The van der Waals surface area contributed by atoms with Crippen LogP contribution in [0.1, 0.15) is 42.6 Å². The van der Waals surface area contributed by atoms with Crippen molar-refractivity contribution in [3.63, 3.8) is 0 Å². The molecule has 1 aliphatic carbocycles. The molecule has 0 aromatic heterocycles. The largest absolute Gasteiger partial charge is 0.362 e. The van der Waals surface area contributed by atoms with E-state index in [1.165, 1.54) is 33.8 Å². The van der Waals surface area contributed by atoms with Crippen LogP contribution in [0.5, 0.6) is 0 Å². The maximum atomic E-state index is 12.1. The Kier molecular flexibility index (Phi) is 3.46. The van der Waals surface area contributed by atoms with Gasteiger partial charge in [-0.2, -0.15) is 0 Å². The van der Waals surface area contributed by atoms with Crippen LogP contribution in [0.3, 0.4) is 0 Å². The highest BCUT2D eigenvalue weighted by atomic mass is 32.2. The molecule has 0 unspecified atom stereocenters. The number of hydrogen-bond donors (Lipinski definition) is 0. The van der Waals surface area contributed by atoms with Gasteiger partial charge in [-0.3, -0.25) is 4.79 Å². The van der Waals surface area contributed by atoms with E-state index in [0.717, 1.165) is 25.8 Å². The van der Waals surface area contributed by atoms with E-state index in [2.05, 4.69) is 24.0 Å². The van der Waals surface area contributed by atoms with Crippen molar-refractivity contribution in [2.45, 2.75) is 49.6 Å². The first kappa shape index (κ1) is 13.6. The molecule has 112 valence electrons. The summed E-state index contributed by atoms with van der Waals surface area (Å²) in [5.41, 5.74) is 4.30. The van der Waals surface area contributed by atoms with E-state index in [0.29, 0.717) is 0 Å². The number of hydrogen-bond acceptors (Lipinski definition) is 3. The van der Waals surface area contributed by atoms with Gasteiger partial charge in [-0.05, 0) is 48.4 Å². The lowest BCUT2D eigenvalue weighted by Gasteiger charge is -2.44. The highest BCUT2D eigenvalue weighted by Crippen LogP contribution is 2.42. The molecule has 4 heteroatoms. The summed E-state index contributed by atoms with van der Waals surface area (Å²) >= 11 is 1.96. The highest BCUT2D eigenvalue weighted by Gasteiger charge is 2.40. The fourth-order valence-corrected chi connectivity index (χ4v) is 5.01. The molecule has 21 heavy (non-hydrogen) atoms. The summed E-state index contributed by atoms with van der Waals surface area (Å²) < 4.78 is 5.96. The summed E-state index contributed by atoms with van der Waals surface area (Å²) in [7, 11) is 0. The van der Waals surface area contributed by atoms with Gasteiger partial charge in [-0.1, -0.05) is 13.0 Å². The number of amides is 1. The number of morpholine rings is 1. The predicted octanol–water partition coefficient (Wildman–Crippen LogP) is 2.96. The number of rotatable bonds is 2. The number of fused-ring (bicyclic) bond motifs is 4. The van der Waals surface area contributed by atoms with Crippen molar-refractivity contribution in [3.05, 3.63) is 28.8 Å². The normalized spacial score (nSPS) is 27.3. The summed E-state index contributed by atoms with van der Waals surface area (Å²) in [5.74, 6) is 1.37. The average molecular weight is 303 g/mol. The topological polar surface area (TPSA) is 29.5 Å². The lowest BCUT2D eigenvalue weighted by molar-refractivity contribution is -0.159. The molecule has 1 aromatic rings. The molecule has 4 rings (SSSR count). The van der Waals surface area contributed by atoms with Crippen molar-refractivity contribution < 1.29 is 9.53 Å². The molecule has 0 bridgehead atoms. The summed E-state index contributed by atoms with van der Waals surface area (Å²) in [6.45, 7) is 3.24. The maximum absolute atomic E-state index is 12.1. The Morgan fingerprint density at radius 3 is 3.10 bits per heavy atom. The van der Waals surface area contributed by atoms with Crippen LogP contribution in [0.4, 0.5) is 0 Å². The van der Waals surface area contributed by atoms with Crippen molar-refractivity contribution in [1.29, 1.82) is 0 Å². The molecule has 1 amide bonds. The van der Waals surface area contributed by atoms with E-state index in [1.807, 2.05) is 11.8 Å². The van der Waals surface area contributed by atoms with Crippen molar-refractivity contribution in [2.24, 2.45) is 0 Å². The molecular formula is C17H21NO2S. The molecule has 1 aromatic carbocycles. The third-order valence-electron chi connectivity index (χ3n) is 4.89. The van der Waals surface area contributed by atoms with E-state index in [-0.39, 0.29) is 24.7 Å². The Morgan fingerprint density at radius 1 is 1.33 bits per heavy atom. The molecule has 2 aliphatic heterocycles. The molecule has 3 nitrogen and oxygen atoms in total. The standard InChI is InChI=1S/C17H21NO2S/c1-2-6-18-14-4-3-11-8-12-5-7-21-15(12)9-13(11)17(14)20-10-16(18)19/h8-9,14,17H,2-7,10H2,1H3/t14-,17-/m0/s1. The minimum absolute atomic E-state index is 0.0875. The lowest BCUT2D eigenvalue weighted by atomic mass is 9.83. The van der Waals surface area contributed by atoms with Gasteiger partial charge in [0, 0.05) is 17.2 Å². The summed E-state index contributed by atoms with van der Waals surface area (Å²) in [4.78, 5) is 15.6. The molecule has 0 N–H and O–H groups in total. The van der Waals surface area contributed by atoms with Crippen molar-refractivity contribution in [2.75, 3.05) is 18.9 Å². The molecule has 0 saturated carbocycles. The fourth-order valence-electron chi connectivity index (χ4n) is 3.92. The van der Waals surface area contributed by atoms with E-state index in [9.17, 15) is 4.79 Å². The summed E-state index contributed by atoms with van der Waals surface area (Å²) in [6, 6.07) is 4.98. The van der Waals surface area contributed by atoms with Gasteiger partial charge in [0.05, 0.1) is 6.04 Å². The first-order chi connectivity index (χ1) is 10.3. The van der Waals surface area contributed by atoms with Gasteiger partial charge in [-0.15, -0.1) is 11.8 Å². The van der Waals surface area contributed by atoms with Crippen molar-refractivity contribution in [3.8, 4) is 0 Å². The van der Waals surface area contributed by atoms with Crippen LogP contribution in [0, 0.1) is 0 Å². The van der Waals surface area contributed by atoms with Crippen molar-refractivity contribution in [1.82, 2.24) is 4.90 Å². The Morgan fingerprint density at radius 2 is 2.24 bits per heavy atom. The van der Waals surface area contributed by atoms with Gasteiger partial charge in [0.1, 0.15) is 12.7 Å². The number of benzene rings is 1. The zero-order chi connectivity index (χ0) is 14.4. The highest BCUT2D eigenvalue weighted by molar-refractivity contribution is 7.99. The van der Waals surface area contributed by atoms with Crippen LogP contribution >= 0.6 is 11.8 Å². The van der Waals surface area contributed by atoms with Gasteiger partial charge in [0.15, 0.2) is 0 Å². The lowest BCUT2D eigenvalue weighted by Crippen LogP contribution is -2.52. The van der Waals surface area contributed by atoms with Crippen LogP contribution in [0.25, 0.3) is 0 Å². The quantitative estimate of drug-likeness (QED) is 0.841. The first-order valence-corrected chi connectivity index (χ1v) is 8.96. The van der Waals surface area contributed by atoms with Gasteiger partial charge in [0.25, 0.3) is 0 Å². The monoisotopic (exact) mass is 303 g/mol. The van der Waals surface area contributed by atoms with Crippen LogP contribution in [0.15, 0.2) is 17.0 Å². The molecule has 0 radical (unpaired) electrons. The van der Waals surface area contributed by atoms with Crippen LogP contribution < -0.4 is 0 Å². The first-order valence-electron chi connectivity index (χ1n) is 7.97. The second-order valence-electron chi connectivity index (χ2n) is 6.18. The Hall–Kier alpha value is -1.00. The Labute approximate surface area is 130 Å². The average Bonchev–Trinajstić information content (AvgIpc) is 2.95. The van der Waals surface area contributed by atoms with Gasteiger partial charge < -0.3 is 9.64 Å². The van der Waals surface area contributed by atoms with E-state index >= 15 is 0 Å². The van der Waals surface area contributed by atoms with Crippen LogP contribution in [-0.4, -0.2) is 35.8 Å². The smallest absolute Gasteiger partial charge is 0.248 e. The number of nitrogens with zero attached hydrogens (tertiary/aromatic N) is 1. The Bertz CT molecular complexity index is 586. The number of aryl methyl sites for hydroxylation is 2. The molecule has 0 spiro atoms. The second kappa shape index (κ2) is 5.33. The molecule has 1 saturated heterocycles. The molecule has 1 fully saturated rings. The van der Waals surface area contributed by atoms with Crippen LogP contribution in [0.2, 0.25) is 0 Å². The van der Waals surface area contributed by atoms with Gasteiger partial charge in [0.2, 0.25) is 5.91 Å². The molecule has 3 aliphatic rings. The molecule has 2 heterocycles. The third kappa shape index (κ3) is 2.20. The van der Waals surface area contributed by atoms with E-state index in [4.69, 9.17) is 4.74 Å². The SMILES string of the molecule is CCCN1C(=O)CO[C@H]2c3cc4c(cc3CC[C@@H]21)CCS4. The molecular weight excluding hydrogens is 282 g/mol. The number of carbonyl (C=O) groups excluding carboxylic acids is 1. The summed E-state index contributed by atoms with van der Waals surface area (Å²) in [5, 5.41) is 0. The van der Waals surface area contributed by atoms with Crippen molar-refractivity contribution >= 4 is 17.7 Å². The Balaban J connectivity index is 1.71. The zero-order valence-corrected chi connectivity index (χ0v) is 13.2. The minimum atomic E-state index is 0.0875. The van der Waals surface area contributed by atoms with Gasteiger partial charge >= 0.3 is 0 Å². The number of carbonyl (C=O) groups is 1. The van der Waals surface area contributed by atoms with E-state index in [1.54, 1.807) is 0 Å². The summed E-state index contributed by atoms with van der Waals surface area (Å²) in [6.07, 6.45) is 4.41. The maximum Gasteiger partial charge on any atom is 0.248 e. The molecule has 2 atom stereocenters. The number of thioether (sulfide) groups is 1. The fraction of sp³-hybridized carbons (Fsp3) is 0.588.